The molecule has 0 atom stereocenters. The van der Waals surface area contributed by atoms with Gasteiger partial charge in [-0.2, -0.15) is 0 Å². The van der Waals surface area contributed by atoms with Crippen molar-refractivity contribution in [2.75, 3.05) is 0 Å². The third-order valence-electron chi connectivity index (χ3n) is 2.66. The van der Waals surface area contributed by atoms with Crippen molar-refractivity contribution in [2.24, 2.45) is 0 Å². The molecule has 104 valence electrons. The first-order chi connectivity index (χ1) is 9.65. The first-order valence-corrected chi connectivity index (χ1v) is 6.65. The van der Waals surface area contributed by atoms with Crippen LogP contribution in [0, 0.1) is 6.92 Å². The molecule has 4 nitrogen and oxygen atoms in total. The molecule has 2 aromatic rings. The Morgan fingerprint density at radius 2 is 1.90 bits per heavy atom. The summed E-state index contributed by atoms with van der Waals surface area (Å²) in [4.78, 5) is 0. The predicted octanol–water partition coefficient (Wildman–Crippen LogP) is 2.73. The average Bonchev–Trinajstić information content (AvgIpc) is 2.90. The number of hydrogen-bond donors (Lipinski definition) is 3. The van der Waals surface area contributed by atoms with Crippen molar-refractivity contribution in [3.8, 4) is 0 Å². The molecule has 1 heterocycles. The van der Waals surface area contributed by atoms with Gasteiger partial charge in [-0.1, -0.05) is 36.9 Å². The smallest absolute Gasteiger partial charge is 0.185 e. The van der Waals surface area contributed by atoms with Crippen LogP contribution in [-0.4, -0.2) is 5.11 Å². The van der Waals surface area contributed by atoms with Crippen molar-refractivity contribution in [3.05, 3.63) is 66.1 Å². The number of furan rings is 1. The van der Waals surface area contributed by atoms with Crippen molar-refractivity contribution in [3.63, 3.8) is 0 Å². The number of hydrazine groups is 1. The number of benzene rings is 1. The Kier molecular flexibility index (Phi) is 4.79. The van der Waals surface area contributed by atoms with Gasteiger partial charge in [0.1, 0.15) is 5.76 Å². The summed E-state index contributed by atoms with van der Waals surface area (Å²) >= 11 is 5.17. The highest BCUT2D eigenvalue weighted by atomic mass is 32.1. The van der Waals surface area contributed by atoms with Crippen LogP contribution < -0.4 is 16.2 Å². The number of hydrogen-bond acceptors (Lipinski definition) is 3. The van der Waals surface area contributed by atoms with Crippen LogP contribution in [0.1, 0.15) is 17.1 Å². The molecule has 1 aromatic heterocycles. The third-order valence-corrected chi connectivity index (χ3v) is 2.91. The van der Waals surface area contributed by atoms with E-state index in [0.29, 0.717) is 23.1 Å². The maximum absolute atomic E-state index is 5.44. The maximum Gasteiger partial charge on any atom is 0.185 e. The lowest BCUT2D eigenvalue weighted by molar-refractivity contribution is 0.515. The van der Waals surface area contributed by atoms with E-state index in [1.54, 1.807) is 0 Å². The zero-order valence-electron chi connectivity index (χ0n) is 11.3. The van der Waals surface area contributed by atoms with Crippen LogP contribution >= 0.6 is 12.2 Å². The minimum absolute atomic E-state index is 0.498. The lowest BCUT2D eigenvalue weighted by atomic mass is 10.2. The molecule has 5 heteroatoms. The van der Waals surface area contributed by atoms with E-state index in [1.165, 1.54) is 0 Å². The van der Waals surface area contributed by atoms with E-state index >= 15 is 0 Å². The molecule has 0 fully saturated rings. The van der Waals surface area contributed by atoms with Gasteiger partial charge in [-0.25, -0.2) is 0 Å². The van der Waals surface area contributed by atoms with Gasteiger partial charge >= 0.3 is 0 Å². The van der Waals surface area contributed by atoms with Gasteiger partial charge in [-0.05, 0) is 36.8 Å². The Morgan fingerprint density at radius 1 is 1.15 bits per heavy atom. The van der Waals surface area contributed by atoms with Crippen LogP contribution in [0.4, 0.5) is 0 Å². The van der Waals surface area contributed by atoms with E-state index in [1.807, 2.05) is 49.4 Å². The molecule has 0 saturated carbocycles. The zero-order valence-corrected chi connectivity index (χ0v) is 12.1. The summed E-state index contributed by atoms with van der Waals surface area (Å²) < 4.78 is 5.44. The second-order valence-corrected chi connectivity index (χ2v) is 4.72. The molecule has 0 amide bonds. The summed E-state index contributed by atoms with van der Waals surface area (Å²) in [6.07, 6.45) is 0. The Bertz CT molecular complexity index is 592. The van der Waals surface area contributed by atoms with Crippen LogP contribution in [0.3, 0.4) is 0 Å². The number of aryl methyl sites for hydroxylation is 1. The number of thiocarbonyl (C=S) groups is 1. The van der Waals surface area contributed by atoms with Gasteiger partial charge in [0.25, 0.3) is 0 Å². The first-order valence-electron chi connectivity index (χ1n) is 6.24. The van der Waals surface area contributed by atoms with E-state index in [4.69, 9.17) is 16.6 Å². The van der Waals surface area contributed by atoms with Gasteiger partial charge in [0, 0.05) is 6.54 Å². The fourth-order valence-electron chi connectivity index (χ4n) is 1.61. The molecule has 0 saturated heterocycles. The largest absolute Gasteiger partial charge is 0.460 e. The van der Waals surface area contributed by atoms with E-state index < -0.39 is 0 Å². The van der Waals surface area contributed by atoms with E-state index in [-0.39, 0.29) is 0 Å². The quantitative estimate of drug-likeness (QED) is 0.583. The molecule has 0 aliphatic carbocycles. The van der Waals surface area contributed by atoms with Crippen molar-refractivity contribution >= 4 is 23.0 Å². The van der Waals surface area contributed by atoms with E-state index in [0.717, 1.165) is 11.3 Å². The summed E-state index contributed by atoms with van der Waals surface area (Å²) in [5, 5.41) is 3.60. The van der Waals surface area contributed by atoms with Gasteiger partial charge in [0.05, 0.1) is 5.70 Å². The fourth-order valence-corrected chi connectivity index (χ4v) is 1.74. The molecular weight excluding hydrogens is 270 g/mol. The highest BCUT2D eigenvalue weighted by Gasteiger charge is 2.03. The average molecular weight is 287 g/mol. The molecule has 0 aliphatic rings. The number of rotatable bonds is 5. The van der Waals surface area contributed by atoms with Gasteiger partial charge in [-0.3, -0.25) is 10.9 Å². The monoisotopic (exact) mass is 287 g/mol. The molecule has 20 heavy (non-hydrogen) atoms. The van der Waals surface area contributed by atoms with E-state index in [2.05, 4.69) is 22.7 Å². The van der Waals surface area contributed by atoms with Crippen LogP contribution in [0.2, 0.25) is 0 Å². The first kappa shape index (κ1) is 14.1. The molecule has 0 aliphatic heterocycles. The zero-order chi connectivity index (χ0) is 14.4. The van der Waals surface area contributed by atoms with Gasteiger partial charge in [-0.15, -0.1) is 0 Å². The summed E-state index contributed by atoms with van der Waals surface area (Å²) in [6, 6.07) is 13.8. The topological polar surface area (TPSA) is 49.2 Å². The Hall–Kier alpha value is -2.27. The molecule has 0 unspecified atom stereocenters. The van der Waals surface area contributed by atoms with Crippen LogP contribution in [0.15, 0.2) is 53.5 Å². The Morgan fingerprint density at radius 3 is 2.55 bits per heavy atom. The summed E-state index contributed by atoms with van der Waals surface area (Å²) in [5.41, 5.74) is 7.57. The SMILES string of the molecule is C=C(NNC(=S)NCc1ccccc1)c1ccc(C)o1. The minimum atomic E-state index is 0.498. The van der Waals surface area contributed by atoms with Gasteiger partial charge in [0.15, 0.2) is 10.9 Å². The standard InChI is InChI=1S/C15H17N3OS/c1-11-8-9-14(19-11)12(2)17-18-15(20)16-10-13-6-4-3-5-7-13/h3-9,17H,2,10H2,1H3,(H2,16,18,20). The highest BCUT2D eigenvalue weighted by molar-refractivity contribution is 7.80. The normalized spacial score (nSPS) is 9.85. The maximum atomic E-state index is 5.44. The molecule has 2 rings (SSSR count). The lowest BCUT2D eigenvalue weighted by Gasteiger charge is -2.13. The highest BCUT2D eigenvalue weighted by Crippen LogP contribution is 2.12. The molecule has 0 bridgehead atoms. The predicted molar refractivity (Wildman–Crippen MR) is 84.6 cm³/mol. The van der Waals surface area contributed by atoms with Crippen LogP contribution in [-0.2, 0) is 6.54 Å². The Balaban J connectivity index is 1.74. The second kappa shape index (κ2) is 6.77. The lowest BCUT2D eigenvalue weighted by Crippen LogP contribution is -2.42. The summed E-state index contributed by atoms with van der Waals surface area (Å²) in [5.74, 6) is 1.52. The summed E-state index contributed by atoms with van der Waals surface area (Å²) in [7, 11) is 0. The van der Waals surface area contributed by atoms with Crippen LogP contribution in [0.25, 0.3) is 5.70 Å². The van der Waals surface area contributed by atoms with Crippen molar-refractivity contribution in [1.29, 1.82) is 0 Å². The fraction of sp³-hybridized carbons (Fsp3) is 0.133. The molecule has 0 radical (unpaired) electrons. The van der Waals surface area contributed by atoms with Crippen molar-refractivity contribution in [2.45, 2.75) is 13.5 Å². The number of nitrogens with one attached hydrogen (secondary N) is 3. The molecule has 3 N–H and O–H groups in total. The molecule has 1 aromatic carbocycles. The van der Waals surface area contributed by atoms with Gasteiger partial charge in [0.2, 0.25) is 0 Å². The Labute approximate surface area is 123 Å². The van der Waals surface area contributed by atoms with E-state index in [9.17, 15) is 0 Å². The molecular formula is C15H17N3OS. The van der Waals surface area contributed by atoms with Crippen molar-refractivity contribution < 1.29 is 4.42 Å². The summed E-state index contributed by atoms with van der Waals surface area (Å²) in [6.45, 7) is 6.43. The molecule has 0 spiro atoms. The van der Waals surface area contributed by atoms with Gasteiger partial charge < -0.3 is 9.73 Å². The second-order valence-electron chi connectivity index (χ2n) is 4.31. The third kappa shape index (κ3) is 4.13. The van der Waals surface area contributed by atoms with Crippen LogP contribution in [0.5, 0.6) is 0 Å². The minimum Gasteiger partial charge on any atom is -0.460 e. The van der Waals surface area contributed by atoms with Crippen molar-refractivity contribution in [1.82, 2.24) is 16.2 Å².